The van der Waals surface area contributed by atoms with E-state index in [-0.39, 0.29) is 0 Å². The summed E-state index contributed by atoms with van der Waals surface area (Å²) in [6, 6.07) is 16.4. The van der Waals surface area contributed by atoms with Crippen LogP contribution in [-0.4, -0.2) is 46.4 Å². The highest BCUT2D eigenvalue weighted by Gasteiger charge is 2.19. The van der Waals surface area contributed by atoms with Gasteiger partial charge in [0.1, 0.15) is 6.33 Å². The molecule has 2 aromatic carbocycles. The Kier molecular flexibility index (Phi) is 3.74. The Balaban J connectivity index is 1.52. The molecule has 7 nitrogen and oxygen atoms in total. The van der Waals surface area contributed by atoms with Crippen molar-refractivity contribution in [2.45, 2.75) is 0 Å². The third kappa shape index (κ3) is 2.76. The molecule has 1 aromatic heterocycles. The fourth-order valence-electron chi connectivity index (χ4n) is 3.07. The maximum atomic E-state index is 6.20. The van der Waals surface area contributed by atoms with Crippen LogP contribution in [0.15, 0.2) is 54.9 Å². The Hall–Kier alpha value is -3.09. The molecule has 4 rings (SSSR count). The van der Waals surface area contributed by atoms with Crippen LogP contribution in [0.5, 0.6) is 0 Å². The number of rotatable bonds is 3. The van der Waals surface area contributed by atoms with Gasteiger partial charge in [-0.3, -0.25) is 0 Å². The van der Waals surface area contributed by atoms with Gasteiger partial charge in [-0.15, -0.1) is 5.10 Å². The molecule has 0 aliphatic carbocycles. The molecule has 1 aliphatic rings. The largest absolute Gasteiger partial charge is 0.397 e. The molecule has 7 heteroatoms. The Morgan fingerprint density at radius 1 is 0.833 bits per heavy atom. The zero-order valence-corrected chi connectivity index (χ0v) is 13.3. The van der Waals surface area contributed by atoms with Gasteiger partial charge in [0.25, 0.3) is 0 Å². The van der Waals surface area contributed by atoms with Gasteiger partial charge in [0.05, 0.1) is 17.1 Å². The first kappa shape index (κ1) is 14.5. The van der Waals surface area contributed by atoms with Crippen LogP contribution in [0.25, 0.3) is 5.69 Å². The van der Waals surface area contributed by atoms with Crippen molar-refractivity contribution in [2.24, 2.45) is 0 Å². The SMILES string of the molecule is Nc1ccc(-n2cnnn2)cc1N1CCN(c2ccccc2)CC1. The number of hydrogen-bond donors (Lipinski definition) is 1. The standard InChI is InChI=1S/C17H19N7/c18-16-7-6-15(24-13-19-20-21-24)12-17(16)23-10-8-22(9-11-23)14-4-2-1-3-5-14/h1-7,12-13H,8-11,18H2. The molecule has 1 fully saturated rings. The first-order valence-electron chi connectivity index (χ1n) is 7.99. The molecule has 24 heavy (non-hydrogen) atoms. The lowest BCUT2D eigenvalue weighted by Gasteiger charge is -2.38. The quantitative estimate of drug-likeness (QED) is 0.738. The minimum atomic E-state index is 0.778. The van der Waals surface area contributed by atoms with Gasteiger partial charge in [0, 0.05) is 31.9 Å². The smallest absolute Gasteiger partial charge is 0.143 e. The van der Waals surface area contributed by atoms with Crippen LogP contribution in [-0.2, 0) is 0 Å². The molecule has 0 saturated carbocycles. The fourth-order valence-corrected chi connectivity index (χ4v) is 3.07. The maximum absolute atomic E-state index is 6.20. The average molecular weight is 321 g/mol. The van der Waals surface area contributed by atoms with Crippen molar-refractivity contribution in [1.82, 2.24) is 20.2 Å². The number of aromatic nitrogens is 4. The highest BCUT2D eigenvalue weighted by atomic mass is 15.5. The van der Waals surface area contributed by atoms with Gasteiger partial charge in [-0.05, 0) is 40.8 Å². The molecular weight excluding hydrogens is 302 g/mol. The third-order valence-electron chi connectivity index (χ3n) is 4.37. The summed E-state index contributed by atoms with van der Waals surface area (Å²) in [4.78, 5) is 4.72. The molecule has 1 saturated heterocycles. The summed E-state index contributed by atoms with van der Waals surface area (Å²) in [6.07, 6.45) is 1.59. The van der Waals surface area contributed by atoms with Crippen LogP contribution in [0.3, 0.4) is 0 Å². The summed E-state index contributed by atoms with van der Waals surface area (Å²) < 4.78 is 1.64. The monoisotopic (exact) mass is 321 g/mol. The highest BCUT2D eigenvalue weighted by molar-refractivity contribution is 5.71. The van der Waals surface area contributed by atoms with E-state index < -0.39 is 0 Å². The lowest BCUT2D eigenvalue weighted by Crippen LogP contribution is -2.46. The van der Waals surface area contributed by atoms with Crippen LogP contribution >= 0.6 is 0 Å². The molecule has 1 aliphatic heterocycles. The first-order valence-corrected chi connectivity index (χ1v) is 7.99. The van der Waals surface area contributed by atoms with Crippen LogP contribution in [0.2, 0.25) is 0 Å². The normalized spacial score (nSPS) is 14.8. The van der Waals surface area contributed by atoms with E-state index in [2.05, 4.69) is 49.6 Å². The Bertz CT molecular complexity index is 793. The second-order valence-electron chi connectivity index (χ2n) is 5.81. The Labute approximate surface area is 140 Å². The molecule has 0 atom stereocenters. The maximum Gasteiger partial charge on any atom is 0.143 e. The average Bonchev–Trinajstić information content (AvgIpc) is 3.18. The topological polar surface area (TPSA) is 76.1 Å². The Morgan fingerprint density at radius 3 is 2.29 bits per heavy atom. The number of nitrogen functional groups attached to an aromatic ring is 1. The van der Waals surface area contributed by atoms with Gasteiger partial charge in [-0.25, -0.2) is 4.68 Å². The van der Waals surface area contributed by atoms with Crippen molar-refractivity contribution < 1.29 is 0 Å². The number of para-hydroxylation sites is 1. The predicted molar refractivity (Wildman–Crippen MR) is 94.4 cm³/mol. The molecule has 3 aromatic rings. The van der Waals surface area contributed by atoms with Gasteiger partial charge in [0.2, 0.25) is 0 Å². The van der Waals surface area contributed by atoms with Gasteiger partial charge >= 0.3 is 0 Å². The first-order chi connectivity index (χ1) is 11.8. The molecule has 122 valence electrons. The highest BCUT2D eigenvalue weighted by Crippen LogP contribution is 2.28. The lowest BCUT2D eigenvalue weighted by molar-refractivity contribution is 0.654. The summed E-state index contributed by atoms with van der Waals surface area (Å²) in [5, 5.41) is 11.3. The van der Waals surface area contributed by atoms with Gasteiger partial charge in [0.15, 0.2) is 0 Å². The van der Waals surface area contributed by atoms with E-state index in [0.717, 1.165) is 43.2 Å². The fraction of sp³-hybridized carbons (Fsp3) is 0.235. The number of anilines is 3. The van der Waals surface area contributed by atoms with Crippen molar-refractivity contribution >= 4 is 17.1 Å². The van der Waals surface area contributed by atoms with Crippen molar-refractivity contribution in [1.29, 1.82) is 0 Å². The number of hydrogen-bond acceptors (Lipinski definition) is 6. The van der Waals surface area contributed by atoms with E-state index in [4.69, 9.17) is 5.73 Å². The second kappa shape index (κ2) is 6.19. The van der Waals surface area contributed by atoms with Crippen LogP contribution < -0.4 is 15.5 Å². The van der Waals surface area contributed by atoms with E-state index in [1.54, 1.807) is 11.0 Å². The van der Waals surface area contributed by atoms with E-state index in [1.165, 1.54) is 5.69 Å². The second-order valence-corrected chi connectivity index (χ2v) is 5.81. The molecule has 0 amide bonds. The van der Waals surface area contributed by atoms with Gasteiger partial charge in [-0.1, -0.05) is 18.2 Å². The summed E-state index contributed by atoms with van der Waals surface area (Å²) in [5.74, 6) is 0. The minimum absolute atomic E-state index is 0.778. The van der Waals surface area contributed by atoms with Crippen LogP contribution in [0.1, 0.15) is 0 Å². The lowest BCUT2D eigenvalue weighted by atomic mass is 10.2. The zero-order chi connectivity index (χ0) is 16.4. The summed E-state index contributed by atoms with van der Waals surface area (Å²) in [5.41, 5.74) is 10.2. The number of nitrogens with two attached hydrogens (primary N) is 1. The molecule has 0 bridgehead atoms. The molecule has 2 N–H and O–H groups in total. The van der Waals surface area contributed by atoms with Gasteiger partial charge < -0.3 is 15.5 Å². The molecular formula is C17H19N7. The van der Waals surface area contributed by atoms with E-state index in [9.17, 15) is 0 Å². The third-order valence-corrected chi connectivity index (χ3v) is 4.37. The summed E-state index contributed by atoms with van der Waals surface area (Å²) in [6.45, 7) is 3.80. The Morgan fingerprint density at radius 2 is 1.58 bits per heavy atom. The van der Waals surface area contributed by atoms with Gasteiger partial charge in [-0.2, -0.15) is 0 Å². The van der Waals surface area contributed by atoms with Crippen molar-refractivity contribution in [2.75, 3.05) is 41.7 Å². The predicted octanol–water partition coefficient (Wildman–Crippen LogP) is 1.57. The molecule has 0 spiro atoms. The van der Waals surface area contributed by atoms with Crippen molar-refractivity contribution in [3.05, 3.63) is 54.9 Å². The van der Waals surface area contributed by atoms with E-state index in [0.29, 0.717) is 0 Å². The summed E-state index contributed by atoms with van der Waals surface area (Å²) >= 11 is 0. The summed E-state index contributed by atoms with van der Waals surface area (Å²) in [7, 11) is 0. The molecule has 0 radical (unpaired) electrons. The number of benzene rings is 2. The van der Waals surface area contributed by atoms with Crippen molar-refractivity contribution in [3.8, 4) is 5.69 Å². The van der Waals surface area contributed by atoms with E-state index >= 15 is 0 Å². The molecule has 0 unspecified atom stereocenters. The number of piperazine rings is 1. The van der Waals surface area contributed by atoms with Crippen molar-refractivity contribution in [3.63, 3.8) is 0 Å². The number of nitrogens with zero attached hydrogens (tertiary/aromatic N) is 6. The minimum Gasteiger partial charge on any atom is -0.397 e. The van der Waals surface area contributed by atoms with Crippen LogP contribution in [0.4, 0.5) is 17.1 Å². The molecule has 2 heterocycles. The van der Waals surface area contributed by atoms with E-state index in [1.807, 2.05) is 24.3 Å². The number of tetrazole rings is 1. The zero-order valence-electron chi connectivity index (χ0n) is 13.3. The van der Waals surface area contributed by atoms with Crippen LogP contribution in [0, 0.1) is 0 Å².